The van der Waals surface area contributed by atoms with Crippen molar-refractivity contribution in [3.8, 4) is 0 Å². The van der Waals surface area contributed by atoms with Gasteiger partial charge in [0.2, 0.25) is 5.91 Å². The average molecular weight is 480 g/mol. The fraction of sp³-hybridized carbons (Fsp3) is 0.480. The van der Waals surface area contributed by atoms with Gasteiger partial charge in [-0.25, -0.2) is 19.9 Å². The van der Waals surface area contributed by atoms with Crippen molar-refractivity contribution in [1.29, 1.82) is 0 Å². The van der Waals surface area contributed by atoms with E-state index >= 15 is 0 Å². The van der Waals surface area contributed by atoms with Crippen LogP contribution in [0.4, 0.5) is 5.82 Å². The van der Waals surface area contributed by atoms with Crippen molar-refractivity contribution in [3.05, 3.63) is 42.7 Å². The molecule has 2 N–H and O–H groups in total. The minimum atomic E-state index is 0.278. The molecule has 4 heterocycles. The molecule has 1 aliphatic heterocycles. The fourth-order valence-electron chi connectivity index (χ4n) is 3.93. The molecular formula is C25H37N9O. The number of hydrogen-bond donors (Lipinski definition) is 2. The van der Waals surface area contributed by atoms with Gasteiger partial charge in [-0.1, -0.05) is 26.0 Å². The first kappa shape index (κ1) is 26.1. The molecule has 188 valence electrons. The first-order chi connectivity index (χ1) is 17.0. The number of likely N-dealkylation sites (N-methyl/N-ethyl adjacent to an activating group) is 1. The third-order valence-electron chi connectivity index (χ3n) is 5.68. The van der Waals surface area contributed by atoms with Crippen LogP contribution in [0.15, 0.2) is 36.9 Å². The van der Waals surface area contributed by atoms with Gasteiger partial charge in [-0.3, -0.25) is 4.79 Å². The summed E-state index contributed by atoms with van der Waals surface area (Å²) in [4.78, 5) is 35.5. The molecule has 3 aromatic heterocycles. The summed E-state index contributed by atoms with van der Waals surface area (Å²) in [5.74, 6) is 1.95. The number of hydrogen-bond acceptors (Lipinski definition) is 7. The lowest BCUT2D eigenvalue weighted by Crippen LogP contribution is -2.40. The van der Waals surface area contributed by atoms with Crippen LogP contribution in [0.1, 0.15) is 38.9 Å². The van der Waals surface area contributed by atoms with Crippen LogP contribution in [0.2, 0.25) is 0 Å². The van der Waals surface area contributed by atoms with Gasteiger partial charge in [0.1, 0.15) is 17.7 Å². The van der Waals surface area contributed by atoms with E-state index < -0.39 is 0 Å². The summed E-state index contributed by atoms with van der Waals surface area (Å²) in [6.45, 7) is 7.07. The summed E-state index contributed by atoms with van der Waals surface area (Å²) >= 11 is 0. The minimum Gasteiger partial charge on any atom is -0.361 e. The Bertz CT molecular complexity index is 1210. The molecule has 0 saturated carbocycles. The average Bonchev–Trinajstić information content (AvgIpc) is 3.49. The Kier molecular flexibility index (Phi) is 9.54. The van der Waals surface area contributed by atoms with Gasteiger partial charge < -0.3 is 24.7 Å². The van der Waals surface area contributed by atoms with Gasteiger partial charge in [0.05, 0.1) is 30.5 Å². The molecule has 4 aromatic rings. The van der Waals surface area contributed by atoms with Crippen molar-refractivity contribution in [3.63, 3.8) is 0 Å². The van der Waals surface area contributed by atoms with Crippen molar-refractivity contribution < 1.29 is 4.79 Å². The number of imidazole rings is 2. The molecule has 0 atom stereocenters. The number of nitrogens with one attached hydrogen (secondary N) is 2. The van der Waals surface area contributed by atoms with Crippen molar-refractivity contribution in [2.45, 2.75) is 39.7 Å². The zero-order chi connectivity index (χ0) is 25.2. The Morgan fingerprint density at radius 1 is 1.09 bits per heavy atom. The van der Waals surface area contributed by atoms with E-state index in [0.717, 1.165) is 41.3 Å². The second-order valence-electron chi connectivity index (χ2n) is 8.43. The van der Waals surface area contributed by atoms with Crippen molar-refractivity contribution in [2.24, 2.45) is 7.05 Å². The lowest BCUT2D eigenvalue weighted by atomic mass is 10.1. The van der Waals surface area contributed by atoms with Gasteiger partial charge in [-0.2, -0.15) is 0 Å². The number of aryl methyl sites for hydroxylation is 1. The number of aromatic amines is 1. The normalized spacial score (nSPS) is 13.3. The molecule has 10 heteroatoms. The van der Waals surface area contributed by atoms with Crippen LogP contribution >= 0.6 is 0 Å². The van der Waals surface area contributed by atoms with Crippen LogP contribution in [-0.4, -0.2) is 78.9 Å². The monoisotopic (exact) mass is 479 g/mol. The molecule has 1 saturated heterocycles. The highest BCUT2D eigenvalue weighted by Gasteiger charge is 2.16. The number of aromatic nitrogens is 6. The number of rotatable bonds is 5. The van der Waals surface area contributed by atoms with Crippen LogP contribution in [0.5, 0.6) is 0 Å². The molecule has 0 bridgehead atoms. The Hall–Kier alpha value is -3.53. The highest BCUT2D eigenvalue weighted by atomic mass is 16.2. The van der Waals surface area contributed by atoms with Gasteiger partial charge in [0.25, 0.3) is 0 Å². The third kappa shape index (κ3) is 6.75. The van der Waals surface area contributed by atoms with E-state index in [9.17, 15) is 4.79 Å². The number of anilines is 1. The second-order valence-corrected chi connectivity index (χ2v) is 8.43. The van der Waals surface area contributed by atoms with Crippen LogP contribution in [0.25, 0.3) is 22.2 Å². The molecule has 0 radical (unpaired) electrons. The van der Waals surface area contributed by atoms with E-state index in [0.29, 0.717) is 18.7 Å². The molecule has 10 nitrogen and oxygen atoms in total. The van der Waals surface area contributed by atoms with Crippen LogP contribution < -0.4 is 5.32 Å². The van der Waals surface area contributed by atoms with Crippen LogP contribution in [0, 0.1) is 0 Å². The van der Waals surface area contributed by atoms with Gasteiger partial charge >= 0.3 is 0 Å². The van der Waals surface area contributed by atoms with E-state index in [4.69, 9.17) is 0 Å². The quantitative estimate of drug-likeness (QED) is 0.451. The molecule has 0 aliphatic carbocycles. The molecule has 0 unspecified atom stereocenters. The number of likely N-dealkylation sites (tertiary alicyclic amines) is 1. The second kappa shape index (κ2) is 12.8. The summed E-state index contributed by atoms with van der Waals surface area (Å²) in [7, 11) is 5.88. The maximum absolute atomic E-state index is 11.5. The summed E-state index contributed by atoms with van der Waals surface area (Å²) in [5, 5.41) is 3.29. The molecule has 35 heavy (non-hydrogen) atoms. The van der Waals surface area contributed by atoms with Gasteiger partial charge in [-0.15, -0.1) is 0 Å². The first-order valence-corrected chi connectivity index (χ1v) is 12.2. The van der Waals surface area contributed by atoms with Crippen molar-refractivity contribution in [2.75, 3.05) is 39.0 Å². The molecule has 0 spiro atoms. The Balaban J connectivity index is 0.000000210. The Morgan fingerprint density at radius 2 is 1.83 bits per heavy atom. The highest BCUT2D eigenvalue weighted by molar-refractivity contribution is 5.82. The Morgan fingerprint density at radius 3 is 2.54 bits per heavy atom. The van der Waals surface area contributed by atoms with Gasteiger partial charge in [-0.05, 0) is 45.5 Å². The predicted molar refractivity (Wildman–Crippen MR) is 140 cm³/mol. The van der Waals surface area contributed by atoms with E-state index in [1.807, 2.05) is 63.0 Å². The number of benzene rings is 1. The van der Waals surface area contributed by atoms with E-state index in [2.05, 4.69) is 40.9 Å². The number of fused-ring (bicyclic) bond motifs is 2. The Labute approximate surface area is 206 Å². The number of carbonyl (C=O) groups is 1. The molecule has 1 aromatic carbocycles. The highest BCUT2D eigenvalue weighted by Crippen LogP contribution is 2.18. The predicted octanol–water partition coefficient (Wildman–Crippen LogP) is 3.44. The summed E-state index contributed by atoms with van der Waals surface area (Å²) in [5.41, 5.74) is 3.56. The largest absolute Gasteiger partial charge is 0.361 e. The number of para-hydroxylation sites is 2. The molecule has 1 aliphatic rings. The van der Waals surface area contributed by atoms with Crippen molar-refractivity contribution >= 4 is 33.9 Å². The summed E-state index contributed by atoms with van der Waals surface area (Å²) in [6.07, 6.45) is 6.75. The maximum atomic E-state index is 11.5. The number of amides is 1. The fourth-order valence-corrected chi connectivity index (χ4v) is 3.93. The summed E-state index contributed by atoms with van der Waals surface area (Å²) in [6, 6.07) is 8.07. The van der Waals surface area contributed by atoms with E-state index in [-0.39, 0.29) is 5.91 Å². The number of carbonyl (C=O) groups excluding carboxylic acids is 1. The lowest BCUT2D eigenvalue weighted by Gasteiger charge is -2.27. The molecule has 1 amide bonds. The molecule has 5 rings (SSSR count). The number of H-pyrrole nitrogens is 1. The van der Waals surface area contributed by atoms with Crippen LogP contribution in [0.3, 0.4) is 0 Å². The van der Waals surface area contributed by atoms with Gasteiger partial charge in [0, 0.05) is 20.1 Å². The van der Waals surface area contributed by atoms with Gasteiger partial charge in [0.15, 0.2) is 11.5 Å². The number of nitrogens with zero attached hydrogens (tertiary/aromatic N) is 7. The topological polar surface area (TPSA) is 108 Å². The van der Waals surface area contributed by atoms with Crippen molar-refractivity contribution in [1.82, 2.24) is 39.3 Å². The minimum absolute atomic E-state index is 0.278. The SMILES string of the molecule is CC.CN(C)CC(=O)N1CCCCC1.Cn1c(CNc2ncnc3nc[nH]c23)nc2ccccc21. The zero-order valence-corrected chi connectivity index (χ0v) is 21.5. The first-order valence-electron chi connectivity index (χ1n) is 12.2. The summed E-state index contributed by atoms with van der Waals surface area (Å²) < 4.78 is 2.08. The standard InChI is InChI=1S/C14H13N7.C9H18N2O.C2H6/c1-21-10-5-3-2-4-9(10)20-11(21)6-15-13-12-14(17-7-16-12)19-8-18-13;1-10(2)8-9(12)11-6-4-3-5-7-11;1-2/h2-5,7-8H,6H2,1H3,(H2,15,16,17,18,19);3-8H2,1-2H3;1-2H3. The van der Waals surface area contributed by atoms with E-state index in [1.165, 1.54) is 25.6 Å². The molecule has 1 fully saturated rings. The lowest BCUT2D eigenvalue weighted by molar-refractivity contribution is -0.132. The number of piperidine rings is 1. The third-order valence-corrected chi connectivity index (χ3v) is 5.68. The maximum Gasteiger partial charge on any atom is 0.236 e. The smallest absolute Gasteiger partial charge is 0.236 e. The molecular weight excluding hydrogens is 442 g/mol. The zero-order valence-electron chi connectivity index (χ0n) is 21.5. The van der Waals surface area contributed by atoms with E-state index in [1.54, 1.807) is 6.33 Å². The van der Waals surface area contributed by atoms with Crippen LogP contribution in [-0.2, 0) is 18.4 Å².